The summed E-state index contributed by atoms with van der Waals surface area (Å²) in [6.07, 6.45) is 0.814. The van der Waals surface area contributed by atoms with E-state index >= 15 is 0 Å². The lowest BCUT2D eigenvalue weighted by atomic mass is 10.1. The molecule has 6 nitrogen and oxygen atoms in total. The van der Waals surface area contributed by atoms with E-state index < -0.39 is 0 Å². The first-order chi connectivity index (χ1) is 15.0. The second-order valence-corrected chi connectivity index (χ2v) is 8.13. The van der Waals surface area contributed by atoms with Gasteiger partial charge in [-0.25, -0.2) is 4.79 Å². The minimum Gasteiger partial charge on any atom is -0.497 e. The average Bonchev–Trinajstić information content (AvgIpc) is 3.20. The van der Waals surface area contributed by atoms with Crippen LogP contribution in [-0.4, -0.2) is 25.6 Å². The van der Waals surface area contributed by atoms with Gasteiger partial charge in [0.1, 0.15) is 5.75 Å². The van der Waals surface area contributed by atoms with Gasteiger partial charge in [-0.15, -0.1) is 0 Å². The number of nitrogens with one attached hydrogen (secondary N) is 2. The molecule has 4 rings (SSSR count). The maximum absolute atomic E-state index is 13.0. The van der Waals surface area contributed by atoms with E-state index in [0.717, 1.165) is 27.7 Å². The highest BCUT2D eigenvalue weighted by Crippen LogP contribution is 2.30. The van der Waals surface area contributed by atoms with E-state index in [1.807, 2.05) is 42.5 Å². The van der Waals surface area contributed by atoms with Gasteiger partial charge in [-0.2, -0.15) is 0 Å². The van der Waals surface area contributed by atoms with Gasteiger partial charge >= 0.3 is 6.03 Å². The summed E-state index contributed by atoms with van der Waals surface area (Å²) in [5, 5.41) is 5.67. The predicted octanol–water partition coefficient (Wildman–Crippen LogP) is 4.98. The fraction of sp³-hybridized carbons (Fsp3) is 0.167. The number of benzene rings is 3. The Morgan fingerprint density at radius 1 is 1.06 bits per heavy atom. The number of anilines is 2. The fourth-order valence-corrected chi connectivity index (χ4v) is 3.96. The van der Waals surface area contributed by atoms with Crippen LogP contribution in [0.5, 0.6) is 5.75 Å². The van der Waals surface area contributed by atoms with E-state index in [1.54, 1.807) is 36.3 Å². The zero-order chi connectivity index (χ0) is 21.8. The number of ether oxygens (including phenoxy) is 1. The third-order valence-electron chi connectivity index (χ3n) is 5.16. The lowest BCUT2D eigenvalue weighted by Crippen LogP contribution is -2.29. The predicted molar refractivity (Wildman–Crippen MR) is 125 cm³/mol. The molecule has 1 aliphatic heterocycles. The third-order valence-corrected chi connectivity index (χ3v) is 5.66. The average molecular weight is 480 g/mol. The number of hydrogen-bond donors (Lipinski definition) is 2. The molecule has 31 heavy (non-hydrogen) atoms. The van der Waals surface area contributed by atoms with Crippen LogP contribution in [0.15, 0.2) is 71.2 Å². The Hall–Kier alpha value is -3.32. The molecule has 7 heteroatoms. The molecule has 3 aromatic rings. The zero-order valence-electron chi connectivity index (χ0n) is 17.0. The van der Waals surface area contributed by atoms with Crippen molar-refractivity contribution >= 4 is 39.2 Å². The van der Waals surface area contributed by atoms with Gasteiger partial charge in [0.25, 0.3) is 5.91 Å². The third kappa shape index (κ3) is 4.88. The van der Waals surface area contributed by atoms with Crippen LogP contribution in [-0.2, 0) is 13.0 Å². The highest BCUT2D eigenvalue weighted by atomic mass is 79.9. The summed E-state index contributed by atoms with van der Waals surface area (Å²) in [6, 6.07) is 20.2. The first-order valence-corrected chi connectivity index (χ1v) is 10.7. The quantitative estimate of drug-likeness (QED) is 0.541. The van der Waals surface area contributed by atoms with Gasteiger partial charge in [-0.05, 0) is 66.1 Å². The van der Waals surface area contributed by atoms with E-state index in [4.69, 9.17) is 4.74 Å². The summed E-state index contributed by atoms with van der Waals surface area (Å²) in [7, 11) is 1.60. The minimum atomic E-state index is -0.287. The van der Waals surface area contributed by atoms with Gasteiger partial charge in [0.05, 0.1) is 7.11 Å². The lowest BCUT2D eigenvalue weighted by molar-refractivity contribution is 0.0989. The van der Waals surface area contributed by atoms with Gasteiger partial charge in [-0.3, -0.25) is 4.79 Å². The highest BCUT2D eigenvalue weighted by Gasteiger charge is 2.25. The van der Waals surface area contributed by atoms with E-state index in [-0.39, 0.29) is 11.9 Å². The van der Waals surface area contributed by atoms with Crippen molar-refractivity contribution in [1.82, 2.24) is 5.32 Å². The molecule has 3 aromatic carbocycles. The smallest absolute Gasteiger partial charge is 0.319 e. The Bertz CT molecular complexity index is 1120. The number of hydrogen-bond acceptors (Lipinski definition) is 3. The van der Waals surface area contributed by atoms with Crippen molar-refractivity contribution in [2.24, 2.45) is 0 Å². The Morgan fingerprint density at radius 2 is 1.87 bits per heavy atom. The van der Waals surface area contributed by atoms with Gasteiger partial charge in [0.15, 0.2) is 0 Å². The van der Waals surface area contributed by atoms with Crippen molar-refractivity contribution in [2.75, 3.05) is 23.9 Å². The maximum Gasteiger partial charge on any atom is 0.319 e. The number of rotatable bonds is 5. The molecule has 0 radical (unpaired) electrons. The molecule has 0 unspecified atom stereocenters. The largest absolute Gasteiger partial charge is 0.497 e. The minimum absolute atomic E-state index is 0.0427. The summed E-state index contributed by atoms with van der Waals surface area (Å²) in [5.74, 6) is 0.673. The summed E-state index contributed by atoms with van der Waals surface area (Å²) < 4.78 is 6.06. The molecule has 1 aliphatic rings. The monoisotopic (exact) mass is 479 g/mol. The van der Waals surface area contributed by atoms with Crippen molar-refractivity contribution in [3.8, 4) is 5.75 Å². The molecular weight excluding hydrogens is 458 g/mol. The van der Waals surface area contributed by atoms with Crippen molar-refractivity contribution in [2.45, 2.75) is 13.0 Å². The van der Waals surface area contributed by atoms with E-state index in [1.165, 1.54) is 0 Å². The van der Waals surface area contributed by atoms with Crippen LogP contribution in [0.25, 0.3) is 0 Å². The zero-order valence-corrected chi connectivity index (χ0v) is 18.6. The number of nitrogens with zero attached hydrogens (tertiary/aromatic N) is 1. The van der Waals surface area contributed by atoms with Crippen molar-refractivity contribution in [3.63, 3.8) is 0 Å². The summed E-state index contributed by atoms with van der Waals surface area (Å²) in [4.78, 5) is 27.0. The number of amides is 3. The number of methoxy groups -OCH3 is 1. The number of carbonyl (C=O) groups excluding carboxylic acids is 2. The molecule has 0 fully saturated rings. The van der Waals surface area contributed by atoms with Crippen molar-refractivity contribution in [3.05, 3.63) is 87.9 Å². The van der Waals surface area contributed by atoms with Crippen LogP contribution in [0, 0.1) is 0 Å². The van der Waals surface area contributed by atoms with Crippen LogP contribution in [0.3, 0.4) is 0 Å². The van der Waals surface area contributed by atoms with E-state index in [9.17, 15) is 9.59 Å². The molecule has 2 N–H and O–H groups in total. The molecule has 0 saturated heterocycles. The van der Waals surface area contributed by atoms with Crippen LogP contribution >= 0.6 is 15.9 Å². The van der Waals surface area contributed by atoms with Crippen molar-refractivity contribution in [1.29, 1.82) is 0 Å². The molecule has 0 aromatic heterocycles. The van der Waals surface area contributed by atoms with Crippen LogP contribution < -0.4 is 20.3 Å². The maximum atomic E-state index is 13.0. The van der Waals surface area contributed by atoms with Crippen LogP contribution in [0.4, 0.5) is 16.2 Å². The molecule has 158 valence electrons. The Balaban J connectivity index is 1.42. The normalized spacial score (nSPS) is 12.3. The second-order valence-electron chi connectivity index (χ2n) is 7.22. The topological polar surface area (TPSA) is 70.7 Å². The van der Waals surface area contributed by atoms with Crippen LogP contribution in [0.2, 0.25) is 0 Å². The Kier molecular flexibility index (Phi) is 6.23. The number of fused-ring (bicyclic) bond motifs is 1. The first-order valence-electron chi connectivity index (χ1n) is 9.91. The fourth-order valence-electron chi connectivity index (χ4n) is 3.56. The number of carbonyl (C=O) groups is 2. The molecule has 0 aliphatic carbocycles. The SMILES string of the molecule is COc1ccc(C(=O)N2CCc3ccc(CNC(=O)Nc4cccc(Br)c4)cc32)cc1. The van der Waals surface area contributed by atoms with Gasteiger partial charge in [0, 0.05) is 34.5 Å². The molecule has 0 saturated carbocycles. The lowest BCUT2D eigenvalue weighted by Gasteiger charge is -2.18. The van der Waals surface area contributed by atoms with E-state index in [0.29, 0.717) is 30.1 Å². The van der Waals surface area contributed by atoms with Gasteiger partial charge in [-0.1, -0.05) is 34.1 Å². The van der Waals surface area contributed by atoms with Gasteiger partial charge in [0.2, 0.25) is 0 Å². The molecular formula is C24H22BrN3O3. The first kappa shape index (κ1) is 20.9. The van der Waals surface area contributed by atoms with Crippen LogP contribution in [0.1, 0.15) is 21.5 Å². The van der Waals surface area contributed by atoms with E-state index in [2.05, 4.69) is 26.6 Å². The molecule has 0 bridgehead atoms. The Labute approximate surface area is 189 Å². The summed E-state index contributed by atoms with van der Waals surface area (Å²) in [6.45, 7) is 0.998. The Morgan fingerprint density at radius 3 is 2.61 bits per heavy atom. The number of halogens is 1. The summed E-state index contributed by atoms with van der Waals surface area (Å²) in [5.41, 5.74) is 4.27. The molecule has 1 heterocycles. The highest BCUT2D eigenvalue weighted by molar-refractivity contribution is 9.10. The molecule has 0 atom stereocenters. The molecule has 3 amide bonds. The van der Waals surface area contributed by atoms with Gasteiger partial charge < -0.3 is 20.3 Å². The van der Waals surface area contributed by atoms with Crippen molar-refractivity contribution < 1.29 is 14.3 Å². The summed E-state index contributed by atoms with van der Waals surface area (Å²) >= 11 is 3.39. The number of urea groups is 1. The standard InChI is InChI=1S/C24H22BrN3O3/c1-31-21-9-7-18(8-10-21)23(29)28-12-11-17-6-5-16(13-22(17)28)15-26-24(30)27-20-4-2-3-19(25)14-20/h2-10,13-14H,11-12,15H2,1H3,(H2,26,27,30). The molecule has 0 spiro atoms. The second kappa shape index (κ2) is 9.22.